The van der Waals surface area contributed by atoms with E-state index in [9.17, 15) is 0 Å². The lowest BCUT2D eigenvalue weighted by Crippen LogP contribution is -2.40. The molecule has 1 unspecified atom stereocenters. The van der Waals surface area contributed by atoms with E-state index in [0.717, 1.165) is 49.0 Å². The Morgan fingerprint density at radius 2 is 2.14 bits per heavy atom. The van der Waals surface area contributed by atoms with Crippen LogP contribution in [0.5, 0.6) is 0 Å². The zero-order valence-electron chi connectivity index (χ0n) is 12.6. The largest absolute Gasteiger partial charge is 0.340 e. The molecular formula is C15H22N6. The van der Waals surface area contributed by atoms with Crippen LogP contribution in [0.25, 0.3) is 11.4 Å². The second-order valence-corrected chi connectivity index (χ2v) is 5.80. The number of hydrogen-bond acceptors (Lipinski definition) is 5. The van der Waals surface area contributed by atoms with Gasteiger partial charge in [0.1, 0.15) is 0 Å². The van der Waals surface area contributed by atoms with Crippen molar-refractivity contribution in [3.63, 3.8) is 0 Å². The summed E-state index contributed by atoms with van der Waals surface area (Å²) in [5.41, 5.74) is 7.94. The topological polar surface area (TPSA) is 83.7 Å². The molecule has 0 radical (unpaired) electrons. The number of rotatable bonds is 3. The maximum atomic E-state index is 5.99. The normalized spacial score (nSPS) is 18.0. The Labute approximate surface area is 124 Å². The molecule has 1 aliphatic rings. The average Bonchev–Trinajstić information content (AvgIpc) is 2.97. The molecule has 0 saturated carbocycles. The van der Waals surface area contributed by atoms with Gasteiger partial charge in [0.15, 0.2) is 5.82 Å². The lowest BCUT2D eigenvalue weighted by atomic mass is 9.91. The summed E-state index contributed by atoms with van der Waals surface area (Å²) in [7, 11) is 0. The number of nitrogens with one attached hydrogen (secondary N) is 1. The van der Waals surface area contributed by atoms with Gasteiger partial charge in [0.05, 0.1) is 0 Å². The van der Waals surface area contributed by atoms with Gasteiger partial charge in [0.25, 0.3) is 0 Å². The van der Waals surface area contributed by atoms with Crippen molar-refractivity contribution in [2.75, 3.05) is 18.0 Å². The van der Waals surface area contributed by atoms with Crippen LogP contribution >= 0.6 is 0 Å². The summed E-state index contributed by atoms with van der Waals surface area (Å²) in [6.07, 6.45) is 4.00. The third-order valence-corrected chi connectivity index (χ3v) is 4.30. The predicted molar refractivity (Wildman–Crippen MR) is 82.9 cm³/mol. The van der Waals surface area contributed by atoms with Crippen molar-refractivity contribution in [2.24, 2.45) is 11.7 Å². The third-order valence-electron chi connectivity index (χ3n) is 4.30. The highest BCUT2D eigenvalue weighted by molar-refractivity contribution is 5.58. The minimum absolute atomic E-state index is 0.271. The Bertz CT molecular complexity index is 598. The van der Waals surface area contributed by atoms with Gasteiger partial charge in [-0.3, -0.25) is 10.1 Å². The van der Waals surface area contributed by atoms with Crippen molar-refractivity contribution in [2.45, 2.75) is 32.7 Å². The Morgan fingerprint density at radius 3 is 2.81 bits per heavy atom. The van der Waals surface area contributed by atoms with E-state index in [-0.39, 0.29) is 6.04 Å². The van der Waals surface area contributed by atoms with Crippen molar-refractivity contribution in [1.82, 2.24) is 20.2 Å². The van der Waals surface area contributed by atoms with Gasteiger partial charge in [-0.15, -0.1) is 5.10 Å². The molecule has 3 heterocycles. The molecule has 2 aromatic heterocycles. The minimum atomic E-state index is 0.271. The first-order chi connectivity index (χ1) is 10.1. The lowest BCUT2D eigenvalue weighted by molar-refractivity contribution is 0.352. The van der Waals surface area contributed by atoms with Gasteiger partial charge < -0.3 is 10.6 Å². The van der Waals surface area contributed by atoms with Crippen LogP contribution in [-0.4, -0.2) is 39.3 Å². The highest BCUT2D eigenvalue weighted by Gasteiger charge is 2.24. The van der Waals surface area contributed by atoms with Gasteiger partial charge >= 0.3 is 0 Å². The highest BCUT2D eigenvalue weighted by Crippen LogP contribution is 2.24. The molecule has 1 saturated heterocycles. The summed E-state index contributed by atoms with van der Waals surface area (Å²) in [6, 6.07) is 4.20. The maximum absolute atomic E-state index is 5.99. The van der Waals surface area contributed by atoms with Crippen LogP contribution in [-0.2, 0) is 0 Å². The van der Waals surface area contributed by atoms with Gasteiger partial charge in [-0.1, -0.05) is 0 Å². The smallest absolute Gasteiger partial charge is 0.245 e. The van der Waals surface area contributed by atoms with Gasteiger partial charge in [-0.05, 0) is 44.7 Å². The van der Waals surface area contributed by atoms with Crippen molar-refractivity contribution in [1.29, 1.82) is 0 Å². The summed E-state index contributed by atoms with van der Waals surface area (Å²) >= 11 is 0. The number of aromatic nitrogens is 4. The molecule has 2 aromatic rings. The van der Waals surface area contributed by atoms with Gasteiger partial charge in [-0.25, -0.2) is 0 Å². The first kappa shape index (κ1) is 14.0. The number of aromatic amines is 1. The maximum Gasteiger partial charge on any atom is 0.245 e. The van der Waals surface area contributed by atoms with Gasteiger partial charge in [0, 0.05) is 36.6 Å². The molecule has 3 rings (SSSR count). The van der Waals surface area contributed by atoms with Crippen LogP contribution in [0.1, 0.15) is 25.5 Å². The Hall–Kier alpha value is -1.95. The van der Waals surface area contributed by atoms with E-state index in [1.165, 1.54) is 0 Å². The Kier molecular flexibility index (Phi) is 3.88. The molecule has 0 aliphatic carbocycles. The number of piperidine rings is 1. The minimum Gasteiger partial charge on any atom is -0.340 e. The molecule has 112 valence electrons. The first-order valence-electron chi connectivity index (χ1n) is 7.50. The Balaban J connectivity index is 1.73. The summed E-state index contributed by atoms with van der Waals surface area (Å²) in [6.45, 7) is 6.01. The number of aryl methyl sites for hydroxylation is 1. The number of H-pyrrole nitrogens is 1. The monoisotopic (exact) mass is 286 g/mol. The fourth-order valence-electron chi connectivity index (χ4n) is 2.87. The second kappa shape index (κ2) is 5.81. The fourth-order valence-corrected chi connectivity index (χ4v) is 2.87. The van der Waals surface area contributed by atoms with Crippen molar-refractivity contribution in [3.8, 4) is 11.4 Å². The van der Waals surface area contributed by atoms with Crippen molar-refractivity contribution >= 4 is 5.95 Å². The first-order valence-corrected chi connectivity index (χ1v) is 7.50. The molecule has 21 heavy (non-hydrogen) atoms. The van der Waals surface area contributed by atoms with Crippen LogP contribution in [0.4, 0.5) is 5.95 Å². The van der Waals surface area contributed by atoms with E-state index in [0.29, 0.717) is 5.92 Å². The summed E-state index contributed by atoms with van der Waals surface area (Å²) < 4.78 is 0. The lowest BCUT2D eigenvalue weighted by Gasteiger charge is -2.32. The molecule has 0 aromatic carbocycles. The van der Waals surface area contributed by atoms with E-state index < -0.39 is 0 Å². The number of pyridine rings is 1. The average molecular weight is 286 g/mol. The van der Waals surface area contributed by atoms with Gasteiger partial charge in [0.2, 0.25) is 5.95 Å². The molecule has 0 bridgehead atoms. The summed E-state index contributed by atoms with van der Waals surface area (Å²) in [5, 5.41) is 7.38. The second-order valence-electron chi connectivity index (χ2n) is 5.80. The Morgan fingerprint density at radius 1 is 1.38 bits per heavy atom. The molecule has 6 nitrogen and oxygen atoms in total. The van der Waals surface area contributed by atoms with Gasteiger partial charge in [-0.2, -0.15) is 4.98 Å². The van der Waals surface area contributed by atoms with Crippen LogP contribution < -0.4 is 10.6 Å². The van der Waals surface area contributed by atoms with E-state index in [4.69, 9.17) is 5.73 Å². The number of anilines is 1. The zero-order valence-corrected chi connectivity index (χ0v) is 12.6. The molecule has 1 fully saturated rings. The third kappa shape index (κ3) is 2.90. The standard InChI is InChI=1S/C15H22N6/c1-10(16)12-5-8-21(9-6-12)15-18-14(19-20-15)13-4-3-7-17-11(13)2/h3-4,7,10,12H,5-6,8-9,16H2,1-2H3,(H,18,19,20). The fraction of sp³-hybridized carbons (Fsp3) is 0.533. The highest BCUT2D eigenvalue weighted by atomic mass is 15.4. The molecule has 0 spiro atoms. The molecule has 3 N–H and O–H groups in total. The predicted octanol–water partition coefficient (Wildman–Crippen LogP) is 1.74. The van der Waals surface area contributed by atoms with Crippen molar-refractivity contribution < 1.29 is 0 Å². The number of nitrogens with two attached hydrogens (primary N) is 1. The van der Waals surface area contributed by atoms with E-state index in [2.05, 4.69) is 32.0 Å². The molecular weight excluding hydrogens is 264 g/mol. The molecule has 0 amide bonds. The summed E-state index contributed by atoms with van der Waals surface area (Å²) in [4.78, 5) is 11.1. The van der Waals surface area contributed by atoms with Crippen LogP contribution in [0.2, 0.25) is 0 Å². The molecule has 1 atom stereocenters. The van der Waals surface area contributed by atoms with E-state index >= 15 is 0 Å². The van der Waals surface area contributed by atoms with Crippen LogP contribution in [0.3, 0.4) is 0 Å². The molecule has 1 aliphatic heterocycles. The quantitative estimate of drug-likeness (QED) is 0.898. The SMILES string of the molecule is Cc1ncccc1-c1nc(N2CCC(C(C)N)CC2)n[nH]1. The number of nitrogens with zero attached hydrogens (tertiary/aromatic N) is 4. The number of hydrogen-bond donors (Lipinski definition) is 2. The van der Waals surface area contributed by atoms with Crippen molar-refractivity contribution in [3.05, 3.63) is 24.0 Å². The van der Waals surface area contributed by atoms with E-state index in [1.54, 1.807) is 6.20 Å². The zero-order chi connectivity index (χ0) is 14.8. The molecule has 6 heteroatoms. The summed E-state index contributed by atoms with van der Waals surface area (Å²) in [5.74, 6) is 2.17. The van der Waals surface area contributed by atoms with E-state index in [1.807, 2.05) is 19.1 Å². The van der Waals surface area contributed by atoms with Crippen LogP contribution in [0, 0.1) is 12.8 Å². The van der Waals surface area contributed by atoms with Crippen LogP contribution in [0.15, 0.2) is 18.3 Å².